The molecule has 1 aliphatic heterocycles. The van der Waals surface area contributed by atoms with Gasteiger partial charge in [0.15, 0.2) is 0 Å². The Morgan fingerprint density at radius 2 is 1.73 bits per heavy atom. The fraction of sp³-hybridized carbons (Fsp3) is 0.800. The van der Waals surface area contributed by atoms with Crippen LogP contribution in [0, 0.1) is 5.92 Å². The Hall–Kier alpha value is -1.10. The molecule has 0 radical (unpaired) electrons. The van der Waals surface area contributed by atoms with E-state index in [2.05, 4.69) is 0 Å². The highest BCUT2D eigenvalue weighted by molar-refractivity contribution is 5.69. The summed E-state index contributed by atoms with van der Waals surface area (Å²) in [5, 5.41) is 17.1. The number of rotatable bonds is 5. The maximum Gasteiger partial charge on any atom is 0.317 e. The molecule has 0 unspecified atom stereocenters. The van der Waals surface area contributed by atoms with Crippen LogP contribution in [0.3, 0.4) is 0 Å². The van der Waals surface area contributed by atoms with Crippen LogP contribution in [0.4, 0.5) is 0 Å². The van der Waals surface area contributed by atoms with Gasteiger partial charge in [0, 0.05) is 6.42 Å². The third-order valence-electron chi connectivity index (χ3n) is 2.83. The summed E-state index contributed by atoms with van der Waals surface area (Å²) in [6.45, 7) is 1.65. The topological polar surface area (TPSA) is 77.8 Å². The largest absolute Gasteiger partial charge is 0.481 e. The van der Waals surface area contributed by atoms with Crippen LogP contribution in [0.25, 0.3) is 0 Å². The monoisotopic (exact) mass is 215 g/mol. The molecule has 5 nitrogen and oxygen atoms in total. The van der Waals surface area contributed by atoms with Crippen LogP contribution in [0.15, 0.2) is 0 Å². The van der Waals surface area contributed by atoms with E-state index >= 15 is 0 Å². The molecular weight excluding hydrogens is 198 g/mol. The van der Waals surface area contributed by atoms with Gasteiger partial charge < -0.3 is 10.2 Å². The molecule has 0 amide bonds. The Kier molecular flexibility index (Phi) is 4.55. The highest BCUT2D eigenvalue weighted by Gasteiger charge is 2.20. The zero-order valence-corrected chi connectivity index (χ0v) is 8.69. The summed E-state index contributed by atoms with van der Waals surface area (Å²) >= 11 is 0. The van der Waals surface area contributed by atoms with Gasteiger partial charge in [0.05, 0.1) is 6.54 Å². The molecule has 1 heterocycles. The summed E-state index contributed by atoms with van der Waals surface area (Å²) in [7, 11) is 0. The Labute approximate surface area is 88.7 Å². The molecule has 0 saturated carbocycles. The molecule has 86 valence electrons. The van der Waals surface area contributed by atoms with Crippen LogP contribution in [0.2, 0.25) is 0 Å². The average molecular weight is 215 g/mol. The summed E-state index contributed by atoms with van der Waals surface area (Å²) < 4.78 is 0. The lowest BCUT2D eigenvalue weighted by atomic mass is 9.92. The van der Waals surface area contributed by atoms with Crippen molar-refractivity contribution in [2.24, 2.45) is 5.92 Å². The van der Waals surface area contributed by atoms with E-state index in [1.165, 1.54) is 0 Å². The lowest BCUT2D eigenvalue weighted by molar-refractivity contribution is -0.138. The molecule has 0 atom stereocenters. The number of hydrogen-bond donors (Lipinski definition) is 2. The number of hydrogen-bond acceptors (Lipinski definition) is 3. The number of piperidine rings is 1. The Morgan fingerprint density at radius 1 is 1.13 bits per heavy atom. The van der Waals surface area contributed by atoms with Crippen molar-refractivity contribution in [1.29, 1.82) is 0 Å². The van der Waals surface area contributed by atoms with E-state index in [4.69, 9.17) is 10.2 Å². The van der Waals surface area contributed by atoms with Gasteiger partial charge in [0.2, 0.25) is 0 Å². The number of nitrogens with zero attached hydrogens (tertiary/aromatic N) is 1. The summed E-state index contributed by atoms with van der Waals surface area (Å²) in [5.74, 6) is -1.09. The number of carboxylic acid groups (broad SMARTS) is 2. The van der Waals surface area contributed by atoms with E-state index in [-0.39, 0.29) is 13.0 Å². The summed E-state index contributed by atoms with van der Waals surface area (Å²) in [6.07, 6.45) is 2.78. The van der Waals surface area contributed by atoms with Gasteiger partial charge in [-0.1, -0.05) is 0 Å². The van der Waals surface area contributed by atoms with Gasteiger partial charge in [-0.2, -0.15) is 0 Å². The standard InChI is InChI=1S/C10H17NO4/c12-9(13)2-1-8-3-5-11(6-4-8)7-10(14)15/h8H,1-7H2,(H,12,13)(H,14,15). The highest BCUT2D eigenvalue weighted by atomic mass is 16.4. The maximum atomic E-state index is 10.4. The van der Waals surface area contributed by atoms with Gasteiger partial charge in [-0.15, -0.1) is 0 Å². The number of carboxylic acids is 2. The van der Waals surface area contributed by atoms with Crippen molar-refractivity contribution in [1.82, 2.24) is 4.90 Å². The van der Waals surface area contributed by atoms with Crippen molar-refractivity contribution in [2.45, 2.75) is 25.7 Å². The van der Waals surface area contributed by atoms with Crippen LogP contribution in [0.1, 0.15) is 25.7 Å². The van der Waals surface area contributed by atoms with Crippen molar-refractivity contribution in [2.75, 3.05) is 19.6 Å². The summed E-state index contributed by atoms with van der Waals surface area (Å²) in [4.78, 5) is 22.7. The van der Waals surface area contributed by atoms with E-state index in [1.54, 1.807) is 0 Å². The zero-order valence-electron chi connectivity index (χ0n) is 8.69. The minimum atomic E-state index is -0.793. The first-order chi connectivity index (χ1) is 7.08. The molecule has 0 aromatic rings. The maximum absolute atomic E-state index is 10.4. The van der Waals surface area contributed by atoms with Gasteiger partial charge >= 0.3 is 11.9 Å². The second-order valence-corrected chi connectivity index (χ2v) is 4.05. The average Bonchev–Trinajstić information content (AvgIpc) is 2.16. The zero-order chi connectivity index (χ0) is 11.3. The third kappa shape index (κ3) is 4.78. The minimum Gasteiger partial charge on any atom is -0.481 e. The van der Waals surface area contributed by atoms with Crippen molar-refractivity contribution in [3.8, 4) is 0 Å². The van der Waals surface area contributed by atoms with Gasteiger partial charge in [-0.3, -0.25) is 14.5 Å². The quantitative estimate of drug-likeness (QED) is 0.704. The van der Waals surface area contributed by atoms with Gasteiger partial charge in [-0.05, 0) is 38.3 Å². The van der Waals surface area contributed by atoms with Crippen molar-refractivity contribution in [3.63, 3.8) is 0 Å². The van der Waals surface area contributed by atoms with Gasteiger partial charge in [0.1, 0.15) is 0 Å². The molecule has 0 aromatic heterocycles. The van der Waals surface area contributed by atoms with E-state index in [9.17, 15) is 9.59 Å². The predicted octanol–water partition coefficient (Wildman–Crippen LogP) is 0.648. The van der Waals surface area contributed by atoms with Crippen molar-refractivity contribution in [3.05, 3.63) is 0 Å². The molecule has 0 aromatic carbocycles. The molecule has 1 aliphatic rings. The van der Waals surface area contributed by atoms with Gasteiger partial charge in [-0.25, -0.2) is 0 Å². The molecule has 0 aliphatic carbocycles. The molecule has 1 rings (SSSR count). The van der Waals surface area contributed by atoms with Crippen molar-refractivity contribution >= 4 is 11.9 Å². The van der Waals surface area contributed by atoms with Crippen molar-refractivity contribution < 1.29 is 19.8 Å². The first kappa shape index (κ1) is 12.0. The van der Waals surface area contributed by atoms with Crippen LogP contribution in [-0.4, -0.2) is 46.7 Å². The molecule has 1 fully saturated rings. The first-order valence-corrected chi connectivity index (χ1v) is 5.24. The number of carbonyl (C=O) groups is 2. The molecule has 15 heavy (non-hydrogen) atoms. The summed E-state index contributed by atoms with van der Waals surface area (Å²) in [6, 6.07) is 0. The first-order valence-electron chi connectivity index (χ1n) is 5.24. The van der Waals surface area contributed by atoms with Crippen LogP contribution >= 0.6 is 0 Å². The summed E-state index contributed by atoms with van der Waals surface area (Å²) in [5.41, 5.74) is 0. The normalized spacial score (nSPS) is 18.9. The number of likely N-dealkylation sites (tertiary alicyclic amines) is 1. The molecule has 1 saturated heterocycles. The Bertz CT molecular complexity index is 234. The lowest BCUT2D eigenvalue weighted by Gasteiger charge is -2.30. The fourth-order valence-electron chi connectivity index (χ4n) is 1.95. The molecular formula is C10H17NO4. The Balaban J connectivity index is 2.18. The molecule has 0 spiro atoms. The van der Waals surface area contributed by atoms with E-state index in [1.807, 2.05) is 4.90 Å². The van der Waals surface area contributed by atoms with Crippen LogP contribution in [-0.2, 0) is 9.59 Å². The molecule has 2 N–H and O–H groups in total. The lowest BCUT2D eigenvalue weighted by Crippen LogP contribution is -2.37. The highest BCUT2D eigenvalue weighted by Crippen LogP contribution is 2.21. The Morgan fingerprint density at radius 3 is 2.20 bits per heavy atom. The molecule has 0 bridgehead atoms. The molecule has 5 heteroatoms. The number of aliphatic carboxylic acids is 2. The second-order valence-electron chi connectivity index (χ2n) is 4.05. The second kappa shape index (κ2) is 5.70. The predicted molar refractivity (Wildman–Crippen MR) is 53.7 cm³/mol. The van der Waals surface area contributed by atoms with Crippen LogP contribution < -0.4 is 0 Å². The van der Waals surface area contributed by atoms with Crippen LogP contribution in [0.5, 0.6) is 0 Å². The smallest absolute Gasteiger partial charge is 0.317 e. The minimum absolute atomic E-state index is 0.103. The SMILES string of the molecule is O=C(O)CCC1CCN(CC(=O)O)CC1. The van der Waals surface area contributed by atoms with E-state index < -0.39 is 11.9 Å². The fourth-order valence-corrected chi connectivity index (χ4v) is 1.95. The van der Waals surface area contributed by atoms with E-state index in [0.717, 1.165) is 32.4 Å². The third-order valence-corrected chi connectivity index (χ3v) is 2.83. The van der Waals surface area contributed by atoms with Gasteiger partial charge in [0.25, 0.3) is 0 Å². The van der Waals surface area contributed by atoms with E-state index in [0.29, 0.717) is 5.92 Å².